The second kappa shape index (κ2) is 9.38. The van der Waals surface area contributed by atoms with E-state index in [4.69, 9.17) is 16.3 Å². The van der Waals surface area contributed by atoms with Crippen LogP contribution in [0, 0.1) is 10.1 Å². The molecule has 1 aliphatic carbocycles. The molecular weight excluding hydrogens is 398 g/mol. The van der Waals surface area contributed by atoms with Crippen molar-refractivity contribution < 1.29 is 19.2 Å². The molecule has 0 spiro atoms. The van der Waals surface area contributed by atoms with Gasteiger partial charge in [0, 0.05) is 17.1 Å². The fraction of sp³-hybridized carbons (Fsp3) is 0.300. The number of halogens is 1. The number of nitrogens with zero attached hydrogens (tertiary/aromatic N) is 1. The van der Waals surface area contributed by atoms with Crippen LogP contribution in [0.2, 0.25) is 5.02 Å². The molecule has 0 atom stereocenters. The summed E-state index contributed by atoms with van der Waals surface area (Å²) >= 11 is 5.76. The van der Waals surface area contributed by atoms with Crippen molar-refractivity contribution in [1.29, 1.82) is 0 Å². The number of benzene rings is 2. The Morgan fingerprint density at radius 2 is 1.90 bits per heavy atom. The number of carbonyl (C=O) groups excluding carboxylic acids is 2. The Kier molecular flexibility index (Phi) is 6.66. The largest absolute Gasteiger partial charge is 0.477 e. The highest BCUT2D eigenvalue weighted by Gasteiger charge is 2.21. The van der Waals surface area contributed by atoms with Gasteiger partial charge in [-0.1, -0.05) is 36.6 Å². The normalized spacial score (nSPS) is 13.7. The molecule has 1 aliphatic rings. The number of rotatable bonds is 7. The standard InChI is InChI=1S/C20H20ClN3O5/c21-13-9-10-18(17(11-13)24(27)28)29-12-19(25)23-16-8-4-3-7-15(16)20(26)22-14-5-1-2-6-14/h3-4,7-11,14H,1-2,5-6,12H2,(H,22,26)(H,23,25). The Morgan fingerprint density at radius 3 is 2.62 bits per heavy atom. The van der Waals surface area contributed by atoms with Crippen LogP contribution in [-0.2, 0) is 4.79 Å². The van der Waals surface area contributed by atoms with Crippen LogP contribution in [0.3, 0.4) is 0 Å². The molecule has 1 saturated carbocycles. The lowest BCUT2D eigenvalue weighted by molar-refractivity contribution is -0.385. The summed E-state index contributed by atoms with van der Waals surface area (Å²) < 4.78 is 5.28. The maximum atomic E-state index is 12.6. The first kappa shape index (κ1) is 20.6. The van der Waals surface area contributed by atoms with E-state index in [9.17, 15) is 19.7 Å². The number of nitro groups is 1. The van der Waals surface area contributed by atoms with E-state index in [0.717, 1.165) is 31.7 Å². The predicted molar refractivity (Wildman–Crippen MR) is 108 cm³/mol. The van der Waals surface area contributed by atoms with Gasteiger partial charge in [-0.25, -0.2) is 0 Å². The van der Waals surface area contributed by atoms with Gasteiger partial charge in [0.2, 0.25) is 0 Å². The SMILES string of the molecule is O=C(COc1ccc(Cl)cc1[N+](=O)[O-])Nc1ccccc1C(=O)NC1CCCC1. The van der Waals surface area contributed by atoms with Gasteiger partial charge in [0.25, 0.3) is 11.8 Å². The van der Waals surface area contributed by atoms with Gasteiger partial charge in [-0.05, 0) is 37.1 Å². The molecular formula is C20H20ClN3O5. The summed E-state index contributed by atoms with van der Waals surface area (Å²) in [4.78, 5) is 35.3. The van der Waals surface area contributed by atoms with Crippen molar-refractivity contribution in [2.45, 2.75) is 31.7 Å². The van der Waals surface area contributed by atoms with Crippen LogP contribution in [0.1, 0.15) is 36.0 Å². The summed E-state index contributed by atoms with van der Waals surface area (Å²) in [5, 5.41) is 16.9. The monoisotopic (exact) mass is 417 g/mol. The van der Waals surface area contributed by atoms with Crippen molar-refractivity contribution in [2.75, 3.05) is 11.9 Å². The van der Waals surface area contributed by atoms with Gasteiger partial charge in [0.1, 0.15) is 0 Å². The Bertz CT molecular complexity index is 928. The third-order valence-electron chi connectivity index (χ3n) is 4.61. The molecule has 8 nitrogen and oxygen atoms in total. The average Bonchev–Trinajstić information content (AvgIpc) is 3.20. The van der Waals surface area contributed by atoms with E-state index in [2.05, 4.69) is 10.6 Å². The molecule has 0 heterocycles. The van der Waals surface area contributed by atoms with E-state index < -0.39 is 17.4 Å². The molecule has 0 aromatic heterocycles. The van der Waals surface area contributed by atoms with Crippen LogP contribution in [0.5, 0.6) is 5.75 Å². The van der Waals surface area contributed by atoms with E-state index in [1.54, 1.807) is 24.3 Å². The van der Waals surface area contributed by atoms with Crippen molar-refractivity contribution in [3.8, 4) is 5.75 Å². The van der Waals surface area contributed by atoms with E-state index in [1.807, 2.05) is 0 Å². The number of anilines is 1. The Hall–Kier alpha value is -3.13. The summed E-state index contributed by atoms with van der Waals surface area (Å²) in [5.41, 5.74) is 0.370. The predicted octanol–water partition coefficient (Wildman–Crippen LogP) is 3.94. The van der Waals surface area contributed by atoms with Gasteiger partial charge in [0.05, 0.1) is 16.2 Å². The van der Waals surface area contributed by atoms with Gasteiger partial charge in [-0.2, -0.15) is 0 Å². The molecule has 3 rings (SSSR count). The summed E-state index contributed by atoms with van der Waals surface area (Å²) in [5.74, 6) is -0.862. The number of para-hydroxylation sites is 1. The quantitative estimate of drug-likeness (QED) is 0.523. The fourth-order valence-electron chi connectivity index (χ4n) is 3.21. The third kappa shape index (κ3) is 5.45. The first-order valence-corrected chi connectivity index (χ1v) is 9.58. The molecule has 29 heavy (non-hydrogen) atoms. The van der Waals surface area contributed by atoms with Crippen molar-refractivity contribution in [2.24, 2.45) is 0 Å². The number of hydrogen-bond donors (Lipinski definition) is 2. The number of hydrogen-bond acceptors (Lipinski definition) is 5. The summed E-state index contributed by atoms with van der Waals surface area (Å²) in [6, 6.07) is 10.7. The van der Waals surface area contributed by atoms with Gasteiger partial charge in [-0.3, -0.25) is 19.7 Å². The fourth-order valence-corrected chi connectivity index (χ4v) is 3.37. The maximum absolute atomic E-state index is 12.6. The van der Waals surface area contributed by atoms with Gasteiger partial charge >= 0.3 is 5.69 Å². The number of carbonyl (C=O) groups is 2. The molecule has 152 valence electrons. The molecule has 0 radical (unpaired) electrons. The highest BCUT2D eigenvalue weighted by atomic mass is 35.5. The zero-order chi connectivity index (χ0) is 20.8. The smallest absolute Gasteiger partial charge is 0.312 e. The number of nitrogens with one attached hydrogen (secondary N) is 2. The molecule has 0 aliphatic heterocycles. The maximum Gasteiger partial charge on any atom is 0.312 e. The molecule has 2 amide bonds. The van der Waals surface area contributed by atoms with E-state index in [0.29, 0.717) is 11.3 Å². The molecule has 1 fully saturated rings. The minimum atomic E-state index is -0.637. The lowest BCUT2D eigenvalue weighted by Crippen LogP contribution is -2.33. The van der Waals surface area contributed by atoms with E-state index in [-0.39, 0.29) is 28.4 Å². The number of ether oxygens (including phenoxy) is 1. The Balaban J connectivity index is 1.64. The first-order valence-electron chi connectivity index (χ1n) is 9.20. The van der Waals surface area contributed by atoms with Gasteiger partial charge < -0.3 is 15.4 Å². The zero-order valence-electron chi connectivity index (χ0n) is 15.5. The molecule has 0 unspecified atom stereocenters. The first-order chi connectivity index (χ1) is 13.9. The Morgan fingerprint density at radius 1 is 1.17 bits per heavy atom. The van der Waals surface area contributed by atoms with Crippen LogP contribution in [0.4, 0.5) is 11.4 Å². The van der Waals surface area contributed by atoms with Crippen molar-refractivity contribution in [1.82, 2.24) is 5.32 Å². The summed E-state index contributed by atoms with van der Waals surface area (Å²) in [6.45, 7) is -0.457. The zero-order valence-corrected chi connectivity index (χ0v) is 16.3. The summed E-state index contributed by atoms with van der Waals surface area (Å²) in [6.07, 6.45) is 4.09. The van der Waals surface area contributed by atoms with Crippen molar-refractivity contribution in [3.05, 3.63) is 63.2 Å². The van der Waals surface area contributed by atoms with Crippen LogP contribution in [-0.4, -0.2) is 29.4 Å². The van der Waals surface area contributed by atoms with E-state index >= 15 is 0 Å². The highest BCUT2D eigenvalue weighted by molar-refractivity contribution is 6.30. The molecule has 2 aromatic rings. The van der Waals surface area contributed by atoms with Crippen molar-refractivity contribution in [3.63, 3.8) is 0 Å². The molecule has 0 bridgehead atoms. The van der Waals surface area contributed by atoms with Gasteiger partial charge in [-0.15, -0.1) is 0 Å². The number of nitro benzene ring substituents is 1. The topological polar surface area (TPSA) is 111 Å². The van der Waals surface area contributed by atoms with Crippen LogP contribution in [0.25, 0.3) is 0 Å². The Labute approximate surface area is 172 Å². The molecule has 0 saturated heterocycles. The second-order valence-corrected chi connectivity index (χ2v) is 7.14. The lowest BCUT2D eigenvalue weighted by atomic mass is 10.1. The van der Waals surface area contributed by atoms with Crippen LogP contribution < -0.4 is 15.4 Å². The lowest BCUT2D eigenvalue weighted by Gasteiger charge is -2.15. The van der Waals surface area contributed by atoms with Crippen LogP contribution in [0.15, 0.2) is 42.5 Å². The molecule has 2 N–H and O–H groups in total. The van der Waals surface area contributed by atoms with E-state index in [1.165, 1.54) is 12.1 Å². The summed E-state index contributed by atoms with van der Waals surface area (Å²) in [7, 11) is 0. The minimum Gasteiger partial charge on any atom is -0.477 e. The van der Waals surface area contributed by atoms with Gasteiger partial charge in [0.15, 0.2) is 12.4 Å². The molecule has 2 aromatic carbocycles. The third-order valence-corrected chi connectivity index (χ3v) is 4.85. The number of amides is 2. The van der Waals surface area contributed by atoms with Crippen molar-refractivity contribution >= 4 is 34.8 Å². The molecule has 9 heteroatoms. The minimum absolute atomic E-state index is 0.0678. The van der Waals surface area contributed by atoms with Crippen LogP contribution >= 0.6 is 11.6 Å². The average molecular weight is 418 g/mol. The highest BCUT2D eigenvalue weighted by Crippen LogP contribution is 2.30. The second-order valence-electron chi connectivity index (χ2n) is 6.71.